The molecule has 1 unspecified atom stereocenters. The van der Waals surface area contributed by atoms with Crippen LogP contribution in [-0.4, -0.2) is 19.5 Å². The number of rotatable bonds is 3. The molecule has 1 heterocycles. The van der Waals surface area contributed by atoms with Gasteiger partial charge in [-0.25, -0.2) is 0 Å². The van der Waals surface area contributed by atoms with E-state index in [4.69, 9.17) is 9.47 Å². The molecule has 9 heavy (non-hydrogen) atoms. The highest BCUT2D eigenvalue weighted by molar-refractivity contribution is 4.58. The smallest absolute Gasteiger partial charge is 0.147 e. The molecule has 1 fully saturated rings. The molecule has 1 aliphatic heterocycles. The van der Waals surface area contributed by atoms with Crippen LogP contribution in [0.2, 0.25) is 0 Å². The van der Waals surface area contributed by atoms with Gasteiger partial charge in [0.25, 0.3) is 0 Å². The Bertz CT molecular complexity index is 67.3. The molecule has 0 aromatic rings. The van der Waals surface area contributed by atoms with Crippen molar-refractivity contribution in [3.8, 4) is 0 Å². The zero-order valence-electron chi connectivity index (χ0n) is 5.93. The maximum absolute atomic E-state index is 5.23. The third-order valence-corrected chi connectivity index (χ3v) is 1.57. The van der Waals surface area contributed by atoms with E-state index in [1.165, 1.54) is 12.8 Å². The van der Waals surface area contributed by atoms with Crippen molar-refractivity contribution >= 4 is 0 Å². The predicted octanol–water partition coefficient (Wildman–Crippen LogP) is 1.55. The van der Waals surface area contributed by atoms with Crippen LogP contribution in [0.15, 0.2) is 0 Å². The summed E-state index contributed by atoms with van der Waals surface area (Å²) in [6.07, 6.45) is 4.06. The molecule has 0 spiro atoms. The van der Waals surface area contributed by atoms with Crippen LogP contribution in [0, 0.1) is 0 Å². The Morgan fingerprint density at radius 1 is 1.56 bits per heavy atom. The van der Waals surface area contributed by atoms with Crippen LogP contribution in [0.4, 0.5) is 0 Å². The highest BCUT2D eigenvalue weighted by Gasteiger charge is 2.14. The van der Waals surface area contributed by atoms with Gasteiger partial charge < -0.3 is 9.47 Å². The third-order valence-electron chi connectivity index (χ3n) is 1.57. The average Bonchev–Trinajstić information content (AvgIpc) is 2.34. The van der Waals surface area contributed by atoms with E-state index >= 15 is 0 Å². The van der Waals surface area contributed by atoms with E-state index in [1.807, 2.05) is 0 Å². The van der Waals surface area contributed by atoms with Gasteiger partial charge in [0.05, 0.1) is 12.7 Å². The van der Waals surface area contributed by atoms with Crippen molar-refractivity contribution < 1.29 is 9.47 Å². The normalized spacial score (nSPS) is 27.0. The number of unbranched alkanes of at least 4 members (excludes halogenated alkanes) is 1. The topological polar surface area (TPSA) is 18.5 Å². The van der Waals surface area contributed by atoms with E-state index in [-0.39, 0.29) is 0 Å². The molecule has 1 atom stereocenters. The largest absolute Gasteiger partial charge is 0.353 e. The summed E-state index contributed by atoms with van der Waals surface area (Å²) < 4.78 is 10.3. The van der Waals surface area contributed by atoms with Crippen LogP contribution >= 0.6 is 0 Å². The molecule has 0 aromatic carbocycles. The van der Waals surface area contributed by atoms with Crippen LogP contribution < -0.4 is 0 Å². The van der Waals surface area contributed by atoms with Gasteiger partial charge in [0.1, 0.15) is 6.79 Å². The average molecular weight is 130 g/mol. The quantitative estimate of drug-likeness (QED) is 0.577. The maximum Gasteiger partial charge on any atom is 0.147 e. The van der Waals surface area contributed by atoms with Crippen molar-refractivity contribution in [1.82, 2.24) is 0 Å². The molecule has 1 rings (SSSR count). The van der Waals surface area contributed by atoms with Crippen LogP contribution in [-0.2, 0) is 9.47 Å². The van der Waals surface area contributed by atoms with Gasteiger partial charge in [-0.3, -0.25) is 0 Å². The first-order valence-electron chi connectivity index (χ1n) is 3.63. The molecular weight excluding hydrogens is 116 g/mol. The van der Waals surface area contributed by atoms with Gasteiger partial charge in [-0.2, -0.15) is 0 Å². The van der Waals surface area contributed by atoms with Gasteiger partial charge in [0.2, 0.25) is 0 Å². The second kappa shape index (κ2) is 3.85. The van der Waals surface area contributed by atoms with Crippen molar-refractivity contribution in [2.75, 3.05) is 13.4 Å². The van der Waals surface area contributed by atoms with Crippen molar-refractivity contribution in [3.63, 3.8) is 0 Å². The minimum absolute atomic E-state index is 0.393. The summed E-state index contributed by atoms with van der Waals surface area (Å²) in [7, 11) is 0. The molecule has 0 aliphatic carbocycles. The van der Waals surface area contributed by atoms with Gasteiger partial charge >= 0.3 is 0 Å². The molecule has 0 N–H and O–H groups in total. The van der Waals surface area contributed by atoms with Crippen molar-refractivity contribution in [3.05, 3.63) is 0 Å². The first kappa shape index (κ1) is 7.03. The third kappa shape index (κ3) is 2.33. The summed E-state index contributed by atoms with van der Waals surface area (Å²) in [6.45, 7) is 3.50. The highest BCUT2D eigenvalue weighted by Crippen LogP contribution is 2.09. The fraction of sp³-hybridized carbons (Fsp3) is 1.00. The molecule has 1 saturated heterocycles. The molecule has 0 radical (unpaired) electrons. The Kier molecular flexibility index (Phi) is 3.01. The maximum atomic E-state index is 5.23. The monoisotopic (exact) mass is 130 g/mol. The van der Waals surface area contributed by atoms with Crippen molar-refractivity contribution in [2.24, 2.45) is 0 Å². The first-order valence-corrected chi connectivity index (χ1v) is 3.63. The zero-order chi connectivity index (χ0) is 6.53. The van der Waals surface area contributed by atoms with E-state index in [2.05, 4.69) is 6.92 Å². The molecule has 1 aliphatic rings. The summed E-state index contributed by atoms with van der Waals surface area (Å²) in [5.41, 5.74) is 0. The number of hydrogen-bond acceptors (Lipinski definition) is 2. The lowest BCUT2D eigenvalue weighted by atomic mass is 10.2. The molecule has 2 heteroatoms. The van der Waals surface area contributed by atoms with Gasteiger partial charge in [-0.1, -0.05) is 19.8 Å². The molecular formula is C7H14O2. The van der Waals surface area contributed by atoms with E-state index in [1.54, 1.807) is 0 Å². The van der Waals surface area contributed by atoms with Gasteiger partial charge in [-0.05, 0) is 6.42 Å². The number of ether oxygens (including phenoxy) is 2. The van der Waals surface area contributed by atoms with E-state index < -0.39 is 0 Å². The number of hydrogen-bond donors (Lipinski definition) is 0. The van der Waals surface area contributed by atoms with Crippen LogP contribution in [0.25, 0.3) is 0 Å². The SMILES string of the molecule is CCCCC1COCO1. The van der Waals surface area contributed by atoms with Crippen LogP contribution in [0.1, 0.15) is 26.2 Å². The van der Waals surface area contributed by atoms with E-state index in [9.17, 15) is 0 Å². The van der Waals surface area contributed by atoms with Gasteiger partial charge in [-0.15, -0.1) is 0 Å². The molecule has 2 nitrogen and oxygen atoms in total. The fourth-order valence-corrected chi connectivity index (χ4v) is 0.970. The molecule has 0 amide bonds. The lowest BCUT2D eigenvalue weighted by molar-refractivity contribution is 0.0441. The summed E-state index contributed by atoms with van der Waals surface area (Å²) in [4.78, 5) is 0. The summed E-state index contributed by atoms with van der Waals surface area (Å²) in [5, 5.41) is 0. The standard InChI is InChI=1S/C7H14O2/c1-2-3-4-7-5-8-6-9-7/h7H,2-6H2,1H3. The Morgan fingerprint density at radius 3 is 3.00 bits per heavy atom. The van der Waals surface area contributed by atoms with Crippen LogP contribution in [0.3, 0.4) is 0 Å². The predicted molar refractivity (Wildman–Crippen MR) is 35.2 cm³/mol. The Morgan fingerprint density at radius 2 is 2.44 bits per heavy atom. The summed E-state index contributed by atoms with van der Waals surface area (Å²) >= 11 is 0. The minimum Gasteiger partial charge on any atom is -0.353 e. The van der Waals surface area contributed by atoms with Gasteiger partial charge in [0, 0.05) is 0 Å². The lowest BCUT2D eigenvalue weighted by Crippen LogP contribution is -2.08. The lowest BCUT2D eigenvalue weighted by Gasteiger charge is -2.03. The Hall–Kier alpha value is -0.0800. The second-order valence-corrected chi connectivity index (χ2v) is 2.42. The molecule has 54 valence electrons. The molecule has 0 bridgehead atoms. The summed E-state index contributed by atoms with van der Waals surface area (Å²) in [6, 6.07) is 0. The van der Waals surface area contributed by atoms with E-state index in [0.717, 1.165) is 13.0 Å². The first-order chi connectivity index (χ1) is 4.43. The minimum atomic E-state index is 0.393. The highest BCUT2D eigenvalue weighted by atomic mass is 16.7. The van der Waals surface area contributed by atoms with E-state index in [0.29, 0.717) is 12.9 Å². The molecule has 0 saturated carbocycles. The van der Waals surface area contributed by atoms with Crippen molar-refractivity contribution in [2.45, 2.75) is 32.3 Å². The Labute approximate surface area is 56.2 Å². The second-order valence-electron chi connectivity index (χ2n) is 2.42. The van der Waals surface area contributed by atoms with Crippen molar-refractivity contribution in [1.29, 1.82) is 0 Å². The molecule has 0 aromatic heterocycles. The summed E-state index contributed by atoms with van der Waals surface area (Å²) in [5.74, 6) is 0. The Balaban J connectivity index is 1.98. The fourth-order valence-electron chi connectivity index (χ4n) is 0.970. The van der Waals surface area contributed by atoms with Crippen LogP contribution in [0.5, 0.6) is 0 Å². The van der Waals surface area contributed by atoms with Gasteiger partial charge in [0.15, 0.2) is 0 Å². The zero-order valence-corrected chi connectivity index (χ0v) is 5.93.